The lowest BCUT2D eigenvalue weighted by molar-refractivity contribution is 0.308. The highest BCUT2D eigenvalue weighted by molar-refractivity contribution is 7.15. The van der Waals surface area contributed by atoms with Gasteiger partial charge in [-0.05, 0) is 82.6 Å². The number of hydrogen-bond donors (Lipinski definition) is 0. The van der Waals surface area contributed by atoms with Gasteiger partial charge in [0.15, 0.2) is 5.82 Å². The highest BCUT2D eigenvalue weighted by Crippen LogP contribution is 2.27. The molecule has 0 spiro atoms. The Hall–Kier alpha value is -6.19. The van der Waals surface area contributed by atoms with E-state index in [0.29, 0.717) is 21.9 Å². The van der Waals surface area contributed by atoms with Gasteiger partial charge in [0.1, 0.15) is 23.9 Å². The molecule has 0 N–H and O–H groups in total. The molecule has 7 nitrogen and oxygen atoms in total. The molecule has 8 aromatic rings. The first-order chi connectivity index (χ1) is 23.6. The summed E-state index contributed by atoms with van der Waals surface area (Å²) < 4.78 is 23.0. The molecular weight excluding hydrogens is 622 g/mol. The predicted molar refractivity (Wildman–Crippen MR) is 189 cm³/mol. The van der Waals surface area contributed by atoms with E-state index in [4.69, 9.17) is 9.84 Å². The molecule has 48 heavy (non-hydrogen) atoms. The van der Waals surface area contributed by atoms with Gasteiger partial charge < -0.3 is 4.74 Å². The Morgan fingerprint density at radius 1 is 0.792 bits per heavy atom. The molecule has 3 heterocycles. The Balaban J connectivity index is 1.10. The number of benzene rings is 5. The molecule has 0 aliphatic carbocycles. The Morgan fingerprint density at radius 3 is 2.38 bits per heavy atom. The molecule has 0 fully saturated rings. The average Bonchev–Trinajstić information content (AvgIpc) is 3.82. The number of rotatable bonds is 8. The van der Waals surface area contributed by atoms with Crippen LogP contribution in [-0.4, -0.2) is 24.4 Å². The Kier molecular flexibility index (Phi) is 7.64. The quantitative estimate of drug-likeness (QED) is 0.170. The number of nitrogens with zero attached hydrogens (tertiary/aromatic N) is 5. The van der Waals surface area contributed by atoms with Crippen molar-refractivity contribution in [2.24, 2.45) is 0 Å². The van der Waals surface area contributed by atoms with E-state index in [1.165, 1.54) is 38.8 Å². The van der Waals surface area contributed by atoms with Crippen molar-refractivity contribution in [3.63, 3.8) is 0 Å². The summed E-state index contributed by atoms with van der Waals surface area (Å²) in [5.74, 6) is 0.842. The lowest BCUT2D eigenvalue weighted by atomic mass is 10.1. The first-order valence-electron chi connectivity index (χ1n) is 15.3. The standard InChI is InChI=1S/C39H26FN5O2S/c40-31-18-13-26(14-19-31)15-22-36-41-39-45(42-36)38(46)35(48-39)23-30-24-44(32-10-2-1-3-11-32)43-37(30)28-16-20-33(21-17-28)47-25-29-9-6-8-27-7-4-5-12-34(27)29/h1-24H,25H2/b22-15+,35-23-. The van der Waals surface area contributed by atoms with Crippen molar-refractivity contribution in [3.05, 3.63) is 171 Å². The number of para-hydroxylation sites is 1. The van der Waals surface area contributed by atoms with Crippen LogP contribution in [0.15, 0.2) is 132 Å². The van der Waals surface area contributed by atoms with Gasteiger partial charge in [-0.25, -0.2) is 9.07 Å². The highest BCUT2D eigenvalue weighted by Gasteiger charge is 2.14. The van der Waals surface area contributed by atoms with Crippen LogP contribution >= 0.6 is 11.3 Å². The van der Waals surface area contributed by atoms with E-state index in [2.05, 4.69) is 34.3 Å². The van der Waals surface area contributed by atoms with E-state index in [9.17, 15) is 9.18 Å². The second kappa shape index (κ2) is 12.5. The molecule has 0 unspecified atom stereocenters. The van der Waals surface area contributed by atoms with Crippen molar-refractivity contribution in [1.82, 2.24) is 24.4 Å². The minimum atomic E-state index is -0.302. The van der Waals surface area contributed by atoms with Crippen LogP contribution in [0, 0.1) is 5.82 Å². The predicted octanol–water partition coefficient (Wildman–Crippen LogP) is 7.59. The minimum absolute atomic E-state index is 0.264. The number of ether oxygens (including phenoxy) is 1. The summed E-state index contributed by atoms with van der Waals surface area (Å²) in [6.07, 6.45) is 7.24. The number of thiazole rings is 1. The average molecular weight is 648 g/mol. The normalized spacial score (nSPS) is 12.1. The van der Waals surface area contributed by atoms with Gasteiger partial charge in [-0.2, -0.15) is 14.6 Å². The SMILES string of the molecule is O=c1/c(=C/c2cn(-c3ccccc3)nc2-c2ccc(OCc3cccc4ccccc34)cc2)sc2nc(/C=C/c3ccc(F)cc3)nn12. The van der Waals surface area contributed by atoms with Crippen molar-refractivity contribution in [2.75, 3.05) is 0 Å². The number of aromatic nitrogens is 5. The molecule has 0 aliphatic rings. The van der Waals surface area contributed by atoms with Crippen molar-refractivity contribution < 1.29 is 9.13 Å². The summed E-state index contributed by atoms with van der Waals surface area (Å²) in [6, 6.07) is 38.3. The van der Waals surface area contributed by atoms with Crippen LogP contribution in [0.3, 0.4) is 0 Å². The van der Waals surface area contributed by atoms with E-state index < -0.39 is 0 Å². The fourth-order valence-corrected chi connectivity index (χ4v) is 6.43. The molecule has 0 aliphatic heterocycles. The zero-order chi connectivity index (χ0) is 32.5. The van der Waals surface area contributed by atoms with Crippen molar-refractivity contribution in [1.29, 1.82) is 0 Å². The molecule has 232 valence electrons. The molecule has 3 aromatic heterocycles. The van der Waals surface area contributed by atoms with Gasteiger partial charge in [-0.15, -0.1) is 5.10 Å². The second-order valence-corrected chi connectivity index (χ2v) is 12.1. The molecule has 9 heteroatoms. The van der Waals surface area contributed by atoms with Crippen LogP contribution in [0.4, 0.5) is 4.39 Å². The molecular formula is C39H26FN5O2S. The molecule has 0 radical (unpaired) electrons. The molecule has 0 bridgehead atoms. The van der Waals surface area contributed by atoms with Crippen LogP contribution in [0.25, 0.3) is 50.9 Å². The van der Waals surface area contributed by atoms with Crippen LogP contribution in [0.2, 0.25) is 0 Å². The molecule has 5 aromatic carbocycles. The smallest absolute Gasteiger partial charge is 0.291 e. The molecule has 0 saturated heterocycles. The first kappa shape index (κ1) is 29.2. The monoisotopic (exact) mass is 647 g/mol. The Bertz CT molecular complexity index is 2530. The topological polar surface area (TPSA) is 74.3 Å². The Labute approximate surface area is 278 Å². The van der Waals surface area contributed by atoms with Crippen molar-refractivity contribution in [3.8, 4) is 22.7 Å². The summed E-state index contributed by atoms with van der Waals surface area (Å²) in [4.78, 5) is 18.4. The summed E-state index contributed by atoms with van der Waals surface area (Å²) in [5.41, 5.74) is 4.95. The Morgan fingerprint density at radius 2 is 1.56 bits per heavy atom. The van der Waals surface area contributed by atoms with Gasteiger partial charge >= 0.3 is 0 Å². The molecule has 8 rings (SSSR count). The maximum Gasteiger partial charge on any atom is 0.291 e. The summed E-state index contributed by atoms with van der Waals surface area (Å²) >= 11 is 1.26. The van der Waals surface area contributed by atoms with Crippen molar-refractivity contribution in [2.45, 2.75) is 6.61 Å². The first-order valence-corrected chi connectivity index (χ1v) is 16.1. The largest absolute Gasteiger partial charge is 0.489 e. The summed E-state index contributed by atoms with van der Waals surface area (Å²) in [6.45, 7) is 0.451. The summed E-state index contributed by atoms with van der Waals surface area (Å²) in [7, 11) is 0. The third-order valence-electron chi connectivity index (χ3n) is 7.94. The van der Waals surface area contributed by atoms with Gasteiger partial charge in [0.05, 0.1) is 10.2 Å². The van der Waals surface area contributed by atoms with Gasteiger partial charge in [0.25, 0.3) is 5.56 Å². The zero-order valence-electron chi connectivity index (χ0n) is 25.4. The molecule has 0 atom stereocenters. The third-order valence-corrected chi connectivity index (χ3v) is 8.90. The molecule has 0 saturated carbocycles. The highest BCUT2D eigenvalue weighted by atomic mass is 32.1. The van der Waals surface area contributed by atoms with Gasteiger partial charge in [-0.1, -0.05) is 90.2 Å². The minimum Gasteiger partial charge on any atom is -0.489 e. The molecule has 0 amide bonds. The number of hydrogen-bond acceptors (Lipinski definition) is 6. The van der Waals surface area contributed by atoms with Crippen molar-refractivity contribution >= 4 is 45.3 Å². The van der Waals surface area contributed by atoms with Crippen LogP contribution < -0.4 is 14.8 Å². The van der Waals surface area contributed by atoms with E-state index in [0.717, 1.165) is 39.4 Å². The summed E-state index contributed by atoms with van der Waals surface area (Å²) in [5, 5.41) is 11.7. The van der Waals surface area contributed by atoms with Crippen LogP contribution in [-0.2, 0) is 6.61 Å². The maximum atomic E-state index is 13.4. The third kappa shape index (κ3) is 5.90. The van der Waals surface area contributed by atoms with Gasteiger partial charge in [0.2, 0.25) is 4.96 Å². The van der Waals surface area contributed by atoms with Gasteiger partial charge in [0, 0.05) is 17.3 Å². The van der Waals surface area contributed by atoms with E-state index >= 15 is 0 Å². The van der Waals surface area contributed by atoms with Crippen LogP contribution in [0.5, 0.6) is 5.75 Å². The van der Waals surface area contributed by atoms with E-state index in [1.54, 1.807) is 24.3 Å². The van der Waals surface area contributed by atoms with E-state index in [-0.39, 0.29) is 11.4 Å². The maximum absolute atomic E-state index is 13.4. The van der Waals surface area contributed by atoms with Crippen LogP contribution in [0.1, 0.15) is 22.5 Å². The lowest BCUT2D eigenvalue weighted by Crippen LogP contribution is -2.23. The fourth-order valence-electron chi connectivity index (χ4n) is 5.52. The fraction of sp³-hybridized carbons (Fsp3) is 0.0256. The van der Waals surface area contributed by atoms with Gasteiger partial charge in [-0.3, -0.25) is 4.79 Å². The number of fused-ring (bicyclic) bond motifs is 2. The van der Waals surface area contributed by atoms with E-state index in [1.807, 2.05) is 89.8 Å². The number of halogens is 1. The lowest BCUT2D eigenvalue weighted by Gasteiger charge is -2.10. The zero-order valence-corrected chi connectivity index (χ0v) is 26.2. The second-order valence-electron chi connectivity index (χ2n) is 11.1.